The summed E-state index contributed by atoms with van der Waals surface area (Å²) in [7, 11) is 1.68. The first-order valence-electron chi connectivity index (χ1n) is 7.87. The molecule has 0 aliphatic heterocycles. The molecule has 1 aromatic rings. The van der Waals surface area contributed by atoms with E-state index in [2.05, 4.69) is 19.6 Å². The van der Waals surface area contributed by atoms with Gasteiger partial charge in [0.2, 0.25) is 0 Å². The summed E-state index contributed by atoms with van der Waals surface area (Å²) in [5, 5.41) is 0. The van der Waals surface area contributed by atoms with Crippen molar-refractivity contribution < 1.29 is 9.47 Å². The number of allylic oxidation sites excluding steroid dienone is 1. The number of ether oxygens (including phenoxy) is 2. The standard InChI is InChI=1S/C18H29NO2/c1-4-6-7-8-9-12-21-17-11-10-15(13-16(19)5-2)14-18(17)20-3/h4,10-11,14,16H,1,5-9,12-13,19H2,2-3H3. The quantitative estimate of drug-likeness (QED) is 0.493. The average molecular weight is 291 g/mol. The largest absolute Gasteiger partial charge is 0.493 e. The maximum Gasteiger partial charge on any atom is 0.161 e. The Kier molecular flexibility index (Phi) is 8.60. The first-order valence-corrected chi connectivity index (χ1v) is 7.87. The molecule has 0 aliphatic carbocycles. The lowest BCUT2D eigenvalue weighted by Gasteiger charge is -2.14. The van der Waals surface area contributed by atoms with Crippen LogP contribution in [0.5, 0.6) is 11.5 Å². The van der Waals surface area contributed by atoms with Gasteiger partial charge >= 0.3 is 0 Å². The summed E-state index contributed by atoms with van der Waals surface area (Å²) in [6, 6.07) is 6.29. The van der Waals surface area contributed by atoms with Crippen molar-refractivity contribution >= 4 is 0 Å². The number of methoxy groups -OCH3 is 1. The maximum absolute atomic E-state index is 5.99. The maximum atomic E-state index is 5.99. The summed E-state index contributed by atoms with van der Waals surface area (Å²) in [4.78, 5) is 0. The van der Waals surface area contributed by atoms with Crippen LogP contribution in [0.1, 0.15) is 44.6 Å². The van der Waals surface area contributed by atoms with E-state index in [1.807, 2.05) is 18.2 Å². The van der Waals surface area contributed by atoms with E-state index in [4.69, 9.17) is 15.2 Å². The summed E-state index contributed by atoms with van der Waals surface area (Å²) in [5.74, 6) is 1.61. The third kappa shape index (κ3) is 6.67. The smallest absolute Gasteiger partial charge is 0.161 e. The number of benzene rings is 1. The molecule has 0 spiro atoms. The topological polar surface area (TPSA) is 44.5 Å². The molecule has 3 nitrogen and oxygen atoms in total. The van der Waals surface area contributed by atoms with Crippen molar-refractivity contribution in [1.29, 1.82) is 0 Å². The van der Waals surface area contributed by atoms with E-state index in [9.17, 15) is 0 Å². The summed E-state index contributed by atoms with van der Waals surface area (Å²) in [5.41, 5.74) is 7.19. The third-order valence-corrected chi connectivity index (χ3v) is 3.56. The molecule has 0 bridgehead atoms. The summed E-state index contributed by atoms with van der Waals surface area (Å²) in [6.45, 7) is 6.55. The van der Waals surface area contributed by atoms with Gasteiger partial charge in [-0.3, -0.25) is 0 Å². The molecule has 3 heteroatoms. The minimum absolute atomic E-state index is 0.200. The molecule has 21 heavy (non-hydrogen) atoms. The minimum Gasteiger partial charge on any atom is -0.493 e. The SMILES string of the molecule is C=CCCCCCOc1ccc(CC(N)CC)cc1OC. The summed E-state index contributed by atoms with van der Waals surface area (Å²) >= 11 is 0. The Balaban J connectivity index is 2.48. The van der Waals surface area contributed by atoms with Crippen LogP contribution in [0.25, 0.3) is 0 Å². The first kappa shape index (κ1) is 17.6. The van der Waals surface area contributed by atoms with Crippen molar-refractivity contribution in [2.45, 2.75) is 51.5 Å². The van der Waals surface area contributed by atoms with Crippen LogP contribution in [0.2, 0.25) is 0 Å². The zero-order valence-electron chi connectivity index (χ0n) is 13.4. The lowest BCUT2D eigenvalue weighted by Crippen LogP contribution is -2.21. The predicted octanol–water partition coefficient (Wildman–Crippen LogP) is 4.10. The van der Waals surface area contributed by atoms with E-state index >= 15 is 0 Å². The van der Waals surface area contributed by atoms with E-state index in [-0.39, 0.29) is 6.04 Å². The van der Waals surface area contributed by atoms with Gasteiger partial charge in [0, 0.05) is 6.04 Å². The number of hydrogen-bond acceptors (Lipinski definition) is 3. The fourth-order valence-electron chi connectivity index (χ4n) is 2.15. The normalized spacial score (nSPS) is 12.0. The van der Waals surface area contributed by atoms with Gasteiger partial charge in [-0.2, -0.15) is 0 Å². The van der Waals surface area contributed by atoms with Gasteiger partial charge < -0.3 is 15.2 Å². The zero-order valence-corrected chi connectivity index (χ0v) is 13.4. The second-order valence-electron chi connectivity index (χ2n) is 5.34. The highest BCUT2D eigenvalue weighted by Crippen LogP contribution is 2.28. The highest BCUT2D eigenvalue weighted by atomic mass is 16.5. The van der Waals surface area contributed by atoms with Crippen LogP contribution < -0.4 is 15.2 Å². The molecule has 0 saturated heterocycles. The highest BCUT2D eigenvalue weighted by Gasteiger charge is 2.08. The third-order valence-electron chi connectivity index (χ3n) is 3.56. The number of unbranched alkanes of at least 4 members (excludes halogenated alkanes) is 3. The molecule has 0 heterocycles. The van der Waals surface area contributed by atoms with Crippen LogP contribution in [-0.4, -0.2) is 19.8 Å². The number of rotatable bonds is 11. The van der Waals surface area contributed by atoms with E-state index in [1.165, 1.54) is 12.0 Å². The molecule has 0 fully saturated rings. The van der Waals surface area contributed by atoms with Crippen LogP contribution in [0.3, 0.4) is 0 Å². The van der Waals surface area contributed by atoms with Crippen LogP contribution >= 0.6 is 0 Å². The van der Waals surface area contributed by atoms with Gasteiger partial charge in [0.05, 0.1) is 13.7 Å². The van der Waals surface area contributed by atoms with Crippen molar-refractivity contribution in [1.82, 2.24) is 0 Å². The molecule has 0 aliphatic rings. The van der Waals surface area contributed by atoms with Crippen LogP contribution in [0.4, 0.5) is 0 Å². The zero-order chi connectivity index (χ0) is 15.5. The van der Waals surface area contributed by atoms with Crippen LogP contribution in [0.15, 0.2) is 30.9 Å². The number of nitrogens with two attached hydrogens (primary N) is 1. The highest BCUT2D eigenvalue weighted by molar-refractivity contribution is 5.43. The molecule has 0 radical (unpaired) electrons. The lowest BCUT2D eigenvalue weighted by atomic mass is 10.0. The molecular weight excluding hydrogens is 262 g/mol. The monoisotopic (exact) mass is 291 g/mol. The second kappa shape index (κ2) is 10.3. The van der Waals surface area contributed by atoms with Gasteiger partial charge in [-0.25, -0.2) is 0 Å². The summed E-state index contributed by atoms with van der Waals surface area (Å²) in [6.07, 6.45) is 8.29. The first-order chi connectivity index (χ1) is 10.2. The Morgan fingerprint density at radius 2 is 2.05 bits per heavy atom. The number of hydrogen-bond donors (Lipinski definition) is 1. The van der Waals surface area contributed by atoms with Gasteiger partial charge in [-0.15, -0.1) is 6.58 Å². The fourth-order valence-corrected chi connectivity index (χ4v) is 2.15. The van der Waals surface area contributed by atoms with Crippen LogP contribution in [0, 0.1) is 0 Å². The minimum atomic E-state index is 0.200. The molecule has 1 atom stereocenters. The molecule has 0 saturated carbocycles. The van der Waals surface area contributed by atoms with Gasteiger partial charge in [-0.05, 0) is 56.2 Å². The Bertz CT molecular complexity index is 418. The van der Waals surface area contributed by atoms with Gasteiger partial charge in [-0.1, -0.05) is 19.1 Å². The second-order valence-corrected chi connectivity index (χ2v) is 5.34. The van der Waals surface area contributed by atoms with E-state index in [0.29, 0.717) is 0 Å². The molecule has 0 aromatic heterocycles. The van der Waals surface area contributed by atoms with Gasteiger partial charge in [0.25, 0.3) is 0 Å². The average Bonchev–Trinajstić information content (AvgIpc) is 2.51. The van der Waals surface area contributed by atoms with Crippen LogP contribution in [-0.2, 0) is 6.42 Å². The molecule has 1 aromatic carbocycles. The summed E-state index contributed by atoms with van der Waals surface area (Å²) < 4.78 is 11.2. The van der Waals surface area contributed by atoms with Gasteiger partial charge in [0.1, 0.15) is 0 Å². The van der Waals surface area contributed by atoms with Crippen molar-refractivity contribution in [2.75, 3.05) is 13.7 Å². The molecular formula is C18H29NO2. The fraction of sp³-hybridized carbons (Fsp3) is 0.556. The molecule has 118 valence electrons. The molecule has 1 rings (SSSR count). The van der Waals surface area contributed by atoms with E-state index in [0.717, 1.165) is 50.2 Å². The van der Waals surface area contributed by atoms with Crippen molar-refractivity contribution in [3.63, 3.8) is 0 Å². The Labute approximate surface area is 129 Å². The van der Waals surface area contributed by atoms with Crippen molar-refractivity contribution in [3.8, 4) is 11.5 Å². The molecule has 1 unspecified atom stereocenters. The Morgan fingerprint density at radius 3 is 2.71 bits per heavy atom. The predicted molar refractivity (Wildman–Crippen MR) is 89.1 cm³/mol. The van der Waals surface area contributed by atoms with Crippen molar-refractivity contribution in [2.24, 2.45) is 5.73 Å². The van der Waals surface area contributed by atoms with Crippen molar-refractivity contribution in [3.05, 3.63) is 36.4 Å². The Morgan fingerprint density at radius 1 is 1.24 bits per heavy atom. The Hall–Kier alpha value is -1.48. The lowest BCUT2D eigenvalue weighted by molar-refractivity contribution is 0.285. The molecule has 2 N–H and O–H groups in total. The van der Waals surface area contributed by atoms with Gasteiger partial charge in [0.15, 0.2) is 11.5 Å². The van der Waals surface area contributed by atoms with E-state index < -0.39 is 0 Å². The molecule has 0 amide bonds. The van der Waals surface area contributed by atoms with E-state index in [1.54, 1.807) is 7.11 Å².